The molecule has 13 heteroatoms. The number of allylic oxidation sites excluding steroid dienone is 1. The lowest BCUT2D eigenvalue weighted by Gasteiger charge is -2.22. The average molecular weight is 743 g/mol. The number of hydrogen-bond donors (Lipinski definition) is 1. The fourth-order valence-corrected chi connectivity index (χ4v) is 7.56. The van der Waals surface area contributed by atoms with Crippen LogP contribution in [-0.2, 0) is 47.7 Å². The van der Waals surface area contributed by atoms with Gasteiger partial charge in [0.25, 0.3) is 20.2 Å². The van der Waals surface area contributed by atoms with E-state index in [4.69, 9.17) is 0 Å². The van der Waals surface area contributed by atoms with Crippen molar-refractivity contribution >= 4 is 32.2 Å². The van der Waals surface area contributed by atoms with Gasteiger partial charge in [0.15, 0.2) is 0 Å². The highest BCUT2D eigenvalue weighted by atomic mass is 32.2. The molecule has 1 N–H and O–H groups in total. The van der Waals surface area contributed by atoms with Crippen LogP contribution >= 0.6 is 0 Å². The summed E-state index contributed by atoms with van der Waals surface area (Å²) in [7, 11) is -2.25. The lowest BCUT2D eigenvalue weighted by molar-refractivity contribution is -0.141. The van der Waals surface area contributed by atoms with Crippen LogP contribution in [-0.4, -0.2) is 78.9 Å². The molecule has 0 fully saturated rings. The molecule has 0 aliphatic rings. The smallest absolute Gasteiger partial charge is 0.305 e. The van der Waals surface area contributed by atoms with Gasteiger partial charge in [-0.1, -0.05) is 116 Å². The standard InChI is InChI=1S/C18H36O6S.C18H34O5S/c1-4-5-6-7-8-10-13-16(19)17(25(21,22)24-3)14-11-9-12-15-18(20)23-2;1-4-5-6-7-8-9-11-14-17(24(20,21)23-3)15-12-10-13-16-18(19)22-2/h16-17,19H,4-15H2,1-3H3;11,14,17H,4-10,12-13,15-16H2,1-3H3/b;14-11+. The first-order valence-electron chi connectivity index (χ1n) is 18.4. The molecule has 11 nitrogen and oxygen atoms in total. The van der Waals surface area contributed by atoms with Gasteiger partial charge in [-0.3, -0.25) is 18.0 Å². The number of esters is 2. The van der Waals surface area contributed by atoms with Crippen LogP contribution in [0.15, 0.2) is 12.2 Å². The predicted octanol–water partition coefficient (Wildman–Crippen LogP) is 7.94. The first-order valence-corrected chi connectivity index (χ1v) is 21.4. The summed E-state index contributed by atoms with van der Waals surface area (Å²) in [4.78, 5) is 22.1. The van der Waals surface area contributed by atoms with Gasteiger partial charge in [-0.2, -0.15) is 16.8 Å². The van der Waals surface area contributed by atoms with Gasteiger partial charge in [0.05, 0.1) is 34.5 Å². The normalized spacial score (nSPS) is 13.8. The Morgan fingerprint density at radius 2 is 1.00 bits per heavy atom. The van der Waals surface area contributed by atoms with Gasteiger partial charge in [0, 0.05) is 12.8 Å². The Morgan fingerprint density at radius 3 is 1.49 bits per heavy atom. The van der Waals surface area contributed by atoms with Gasteiger partial charge in [-0.05, 0) is 44.9 Å². The molecule has 0 rings (SSSR count). The van der Waals surface area contributed by atoms with E-state index in [1.807, 2.05) is 6.08 Å². The maximum Gasteiger partial charge on any atom is 0.305 e. The summed E-state index contributed by atoms with van der Waals surface area (Å²) in [5.41, 5.74) is 0. The number of aliphatic hydroxyl groups excluding tert-OH is 1. The van der Waals surface area contributed by atoms with Crippen LogP contribution in [0.1, 0.15) is 162 Å². The number of carbonyl (C=O) groups excluding carboxylic acids is 2. The molecule has 0 aliphatic carbocycles. The van der Waals surface area contributed by atoms with Crippen LogP contribution in [0.5, 0.6) is 0 Å². The van der Waals surface area contributed by atoms with Crippen molar-refractivity contribution in [3.8, 4) is 0 Å². The summed E-state index contributed by atoms with van der Waals surface area (Å²) in [6, 6.07) is 0. The monoisotopic (exact) mass is 742 g/mol. The van der Waals surface area contributed by atoms with Crippen molar-refractivity contribution < 1.29 is 49.4 Å². The van der Waals surface area contributed by atoms with Gasteiger partial charge in [-0.25, -0.2) is 0 Å². The fourth-order valence-electron chi connectivity index (χ4n) is 5.33. The van der Waals surface area contributed by atoms with Crippen LogP contribution in [0, 0.1) is 0 Å². The number of carbonyl (C=O) groups is 2. The Kier molecular flexibility index (Phi) is 32.8. The Morgan fingerprint density at radius 1 is 0.571 bits per heavy atom. The molecule has 0 heterocycles. The molecule has 3 unspecified atom stereocenters. The van der Waals surface area contributed by atoms with E-state index in [-0.39, 0.29) is 11.9 Å². The quantitative estimate of drug-likeness (QED) is 0.0318. The molecule has 292 valence electrons. The minimum absolute atomic E-state index is 0.223. The lowest BCUT2D eigenvalue weighted by Crippen LogP contribution is -2.35. The number of ether oxygens (including phenoxy) is 2. The zero-order valence-corrected chi connectivity index (χ0v) is 33.1. The molecule has 0 aromatic carbocycles. The molecular weight excluding hydrogens is 673 g/mol. The van der Waals surface area contributed by atoms with Crippen molar-refractivity contribution in [3.05, 3.63) is 12.2 Å². The van der Waals surface area contributed by atoms with E-state index in [0.717, 1.165) is 52.1 Å². The lowest BCUT2D eigenvalue weighted by atomic mass is 10.0. The van der Waals surface area contributed by atoms with E-state index >= 15 is 0 Å². The van der Waals surface area contributed by atoms with Crippen molar-refractivity contribution in [2.75, 3.05) is 28.4 Å². The average Bonchev–Trinajstić information content (AvgIpc) is 3.09. The molecule has 0 aromatic rings. The number of hydrogen-bond acceptors (Lipinski definition) is 11. The maximum absolute atomic E-state index is 12.1. The van der Waals surface area contributed by atoms with Crippen molar-refractivity contribution in [1.29, 1.82) is 0 Å². The summed E-state index contributed by atoms with van der Waals surface area (Å²) < 4.78 is 66.6. The van der Waals surface area contributed by atoms with E-state index in [1.165, 1.54) is 66.3 Å². The zero-order chi connectivity index (χ0) is 37.4. The highest BCUT2D eigenvalue weighted by Crippen LogP contribution is 2.21. The van der Waals surface area contributed by atoms with E-state index in [0.29, 0.717) is 57.8 Å². The van der Waals surface area contributed by atoms with E-state index in [2.05, 4.69) is 31.7 Å². The summed E-state index contributed by atoms with van der Waals surface area (Å²) in [5.74, 6) is -0.483. The molecule has 0 aliphatic heterocycles. The Balaban J connectivity index is 0. The second-order valence-corrected chi connectivity index (χ2v) is 16.4. The molecule has 0 saturated carbocycles. The Hall–Kier alpha value is -1.54. The van der Waals surface area contributed by atoms with Gasteiger partial charge in [0.1, 0.15) is 10.5 Å². The third kappa shape index (κ3) is 27.8. The second-order valence-electron chi connectivity index (χ2n) is 12.5. The van der Waals surface area contributed by atoms with Crippen molar-refractivity contribution in [2.24, 2.45) is 0 Å². The Bertz CT molecular complexity index is 1040. The summed E-state index contributed by atoms with van der Waals surface area (Å²) in [6.07, 6.45) is 22.6. The molecule has 0 radical (unpaired) electrons. The molecule has 0 amide bonds. The van der Waals surface area contributed by atoms with Crippen LogP contribution in [0.25, 0.3) is 0 Å². The van der Waals surface area contributed by atoms with E-state index < -0.39 is 36.8 Å². The predicted molar refractivity (Wildman–Crippen MR) is 196 cm³/mol. The topological polar surface area (TPSA) is 160 Å². The van der Waals surface area contributed by atoms with Gasteiger partial charge >= 0.3 is 11.9 Å². The van der Waals surface area contributed by atoms with Gasteiger partial charge in [-0.15, -0.1) is 0 Å². The summed E-state index contributed by atoms with van der Waals surface area (Å²) in [5, 5.41) is 8.83. The van der Waals surface area contributed by atoms with Crippen LogP contribution < -0.4 is 0 Å². The number of unbranched alkanes of at least 4 members (excludes halogenated alkanes) is 14. The molecule has 0 spiro atoms. The van der Waals surface area contributed by atoms with E-state index in [9.17, 15) is 31.5 Å². The summed E-state index contributed by atoms with van der Waals surface area (Å²) >= 11 is 0. The molecule has 49 heavy (non-hydrogen) atoms. The van der Waals surface area contributed by atoms with Crippen molar-refractivity contribution in [2.45, 2.75) is 178 Å². The molecule has 0 saturated heterocycles. The van der Waals surface area contributed by atoms with Gasteiger partial charge < -0.3 is 14.6 Å². The molecular formula is C36H70O11S2. The third-order valence-electron chi connectivity index (χ3n) is 8.51. The fraction of sp³-hybridized carbons (Fsp3) is 0.889. The number of rotatable bonds is 31. The van der Waals surface area contributed by atoms with Crippen molar-refractivity contribution in [3.63, 3.8) is 0 Å². The number of aliphatic hydroxyl groups is 1. The van der Waals surface area contributed by atoms with Crippen LogP contribution in [0.2, 0.25) is 0 Å². The first kappa shape index (κ1) is 49.6. The SMILES string of the molecule is CCCCCCC/C=C/C(CCCCCC(=O)OC)S(=O)(=O)OC.CCCCCCCCC(O)C(CCCCCC(=O)OC)S(=O)(=O)OC. The zero-order valence-electron chi connectivity index (χ0n) is 31.5. The molecule has 3 atom stereocenters. The molecule has 0 aromatic heterocycles. The minimum Gasteiger partial charge on any atom is -0.469 e. The first-order chi connectivity index (χ1) is 23.4. The third-order valence-corrected chi connectivity index (χ3v) is 11.9. The second kappa shape index (κ2) is 32.4. The van der Waals surface area contributed by atoms with Crippen molar-refractivity contribution in [1.82, 2.24) is 0 Å². The number of methoxy groups -OCH3 is 2. The highest BCUT2D eigenvalue weighted by molar-refractivity contribution is 7.87. The summed E-state index contributed by atoms with van der Waals surface area (Å²) in [6.45, 7) is 4.35. The van der Waals surface area contributed by atoms with Crippen LogP contribution in [0.3, 0.4) is 0 Å². The Labute approximate surface area is 299 Å². The molecule has 0 bridgehead atoms. The van der Waals surface area contributed by atoms with Crippen LogP contribution in [0.4, 0.5) is 0 Å². The van der Waals surface area contributed by atoms with E-state index in [1.54, 1.807) is 6.08 Å². The highest BCUT2D eigenvalue weighted by Gasteiger charge is 2.31. The largest absolute Gasteiger partial charge is 0.469 e. The maximum atomic E-state index is 12.1. The van der Waals surface area contributed by atoms with Gasteiger partial charge in [0.2, 0.25) is 0 Å². The minimum atomic E-state index is -3.76.